The van der Waals surface area contributed by atoms with E-state index in [1.165, 1.54) is 0 Å². The fourth-order valence-electron chi connectivity index (χ4n) is 2.90. The third kappa shape index (κ3) is 5.74. The van der Waals surface area contributed by atoms with Crippen LogP contribution in [-0.2, 0) is 11.3 Å². The summed E-state index contributed by atoms with van der Waals surface area (Å²) in [6.45, 7) is 5.75. The zero-order valence-electron chi connectivity index (χ0n) is 15.7. The number of hydrogen-bond donors (Lipinski definition) is 2. The van der Waals surface area contributed by atoms with Gasteiger partial charge in [-0.25, -0.2) is 4.79 Å². The van der Waals surface area contributed by atoms with Crippen LogP contribution in [0, 0.1) is 5.92 Å². The molecule has 0 spiro atoms. The van der Waals surface area contributed by atoms with E-state index in [0.717, 1.165) is 37.2 Å². The van der Waals surface area contributed by atoms with Gasteiger partial charge in [0.1, 0.15) is 0 Å². The second kappa shape index (κ2) is 8.85. The number of anilines is 1. The smallest absolute Gasteiger partial charge is 0.317 e. The molecule has 1 unspecified atom stereocenters. The van der Waals surface area contributed by atoms with Gasteiger partial charge in [-0.15, -0.1) is 0 Å². The third-order valence-corrected chi connectivity index (χ3v) is 4.58. The molecule has 0 saturated carbocycles. The average molecular weight is 346 g/mol. The van der Waals surface area contributed by atoms with Gasteiger partial charge in [0.05, 0.1) is 0 Å². The number of nitrogens with zero attached hydrogens (tertiary/aromatic N) is 2. The highest BCUT2D eigenvalue weighted by atomic mass is 16.2. The number of benzene rings is 1. The molecular formula is C19H30N4O2. The molecule has 25 heavy (non-hydrogen) atoms. The fraction of sp³-hybridized carbons (Fsp3) is 0.579. The molecule has 1 aliphatic heterocycles. The molecule has 1 heterocycles. The summed E-state index contributed by atoms with van der Waals surface area (Å²) in [4.78, 5) is 28.3. The Kier molecular flexibility index (Phi) is 6.82. The SMILES string of the molecule is CC(C)C(=O)Nc1cccc(CNC(=O)N2CCCC(N(C)C)C2)c1. The maximum atomic E-state index is 12.4. The normalized spacial score (nSPS) is 17.7. The zero-order valence-corrected chi connectivity index (χ0v) is 15.7. The lowest BCUT2D eigenvalue weighted by atomic mass is 10.1. The van der Waals surface area contributed by atoms with Crippen LogP contribution in [0.1, 0.15) is 32.3 Å². The van der Waals surface area contributed by atoms with E-state index >= 15 is 0 Å². The minimum Gasteiger partial charge on any atom is -0.334 e. The Morgan fingerprint density at radius 3 is 2.76 bits per heavy atom. The summed E-state index contributed by atoms with van der Waals surface area (Å²) in [5, 5.41) is 5.87. The maximum Gasteiger partial charge on any atom is 0.317 e. The predicted molar refractivity (Wildman–Crippen MR) is 100 cm³/mol. The van der Waals surface area contributed by atoms with Crippen molar-refractivity contribution in [2.45, 2.75) is 39.3 Å². The first-order valence-corrected chi connectivity index (χ1v) is 8.96. The lowest BCUT2D eigenvalue weighted by Crippen LogP contribution is -2.50. The van der Waals surface area contributed by atoms with Gasteiger partial charge in [-0.2, -0.15) is 0 Å². The van der Waals surface area contributed by atoms with E-state index in [1.807, 2.05) is 43.0 Å². The van der Waals surface area contributed by atoms with Crippen LogP contribution in [0.15, 0.2) is 24.3 Å². The highest BCUT2D eigenvalue weighted by Gasteiger charge is 2.24. The number of carbonyl (C=O) groups is 2. The number of nitrogens with one attached hydrogen (secondary N) is 2. The quantitative estimate of drug-likeness (QED) is 0.861. The molecule has 138 valence electrons. The standard InChI is InChI=1S/C19H30N4O2/c1-14(2)18(24)21-16-8-5-7-15(11-16)12-20-19(25)23-10-6-9-17(13-23)22(3)4/h5,7-8,11,14,17H,6,9-10,12-13H2,1-4H3,(H,20,25)(H,21,24). The number of piperidine rings is 1. The number of likely N-dealkylation sites (tertiary alicyclic amines) is 1. The van der Waals surface area contributed by atoms with E-state index in [1.54, 1.807) is 0 Å². The van der Waals surface area contributed by atoms with E-state index in [9.17, 15) is 9.59 Å². The van der Waals surface area contributed by atoms with Crippen molar-refractivity contribution in [1.29, 1.82) is 0 Å². The number of urea groups is 1. The Hall–Kier alpha value is -2.08. The predicted octanol–water partition coefficient (Wildman–Crippen LogP) is 2.52. The van der Waals surface area contributed by atoms with Crippen molar-refractivity contribution in [3.8, 4) is 0 Å². The Morgan fingerprint density at radius 1 is 1.32 bits per heavy atom. The Balaban J connectivity index is 1.88. The summed E-state index contributed by atoms with van der Waals surface area (Å²) in [7, 11) is 4.12. The lowest BCUT2D eigenvalue weighted by molar-refractivity contribution is -0.118. The van der Waals surface area contributed by atoms with Gasteiger partial charge in [-0.3, -0.25) is 4.79 Å². The monoisotopic (exact) mass is 346 g/mol. The van der Waals surface area contributed by atoms with E-state index in [2.05, 4.69) is 29.6 Å². The molecule has 1 aliphatic rings. The van der Waals surface area contributed by atoms with E-state index in [4.69, 9.17) is 0 Å². The molecule has 3 amide bonds. The second-order valence-electron chi connectivity index (χ2n) is 7.21. The van der Waals surface area contributed by atoms with Gasteiger partial charge in [0, 0.05) is 37.3 Å². The molecule has 0 radical (unpaired) electrons. The summed E-state index contributed by atoms with van der Waals surface area (Å²) in [6, 6.07) is 8.00. The first-order valence-electron chi connectivity index (χ1n) is 8.96. The summed E-state index contributed by atoms with van der Waals surface area (Å²) < 4.78 is 0. The van der Waals surface area contributed by atoms with Gasteiger partial charge < -0.3 is 20.4 Å². The van der Waals surface area contributed by atoms with E-state index in [0.29, 0.717) is 12.6 Å². The molecule has 2 N–H and O–H groups in total. The number of likely N-dealkylation sites (N-methyl/N-ethyl adjacent to an activating group) is 1. The highest BCUT2D eigenvalue weighted by Crippen LogP contribution is 2.15. The topological polar surface area (TPSA) is 64.7 Å². The van der Waals surface area contributed by atoms with Crippen LogP contribution in [0.5, 0.6) is 0 Å². The number of hydrogen-bond acceptors (Lipinski definition) is 3. The van der Waals surface area contributed by atoms with E-state index in [-0.39, 0.29) is 17.9 Å². The third-order valence-electron chi connectivity index (χ3n) is 4.58. The van der Waals surface area contributed by atoms with Gasteiger partial charge in [-0.05, 0) is 44.6 Å². The van der Waals surface area contributed by atoms with Crippen molar-refractivity contribution >= 4 is 17.6 Å². The number of carbonyl (C=O) groups excluding carboxylic acids is 2. The molecule has 6 heteroatoms. The van der Waals surface area contributed by atoms with Gasteiger partial charge >= 0.3 is 6.03 Å². The molecule has 1 saturated heterocycles. The van der Waals surface area contributed by atoms with Crippen LogP contribution in [0.3, 0.4) is 0 Å². The van der Waals surface area contributed by atoms with Gasteiger partial charge in [0.15, 0.2) is 0 Å². The first-order chi connectivity index (χ1) is 11.9. The summed E-state index contributed by atoms with van der Waals surface area (Å²) in [5.74, 6) is -0.0728. The minimum atomic E-state index is -0.0629. The zero-order chi connectivity index (χ0) is 18.4. The molecule has 0 aliphatic carbocycles. The summed E-state index contributed by atoms with van der Waals surface area (Å²) in [6.07, 6.45) is 2.17. The van der Waals surface area contributed by atoms with Crippen molar-refractivity contribution < 1.29 is 9.59 Å². The molecule has 0 bridgehead atoms. The average Bonchev–Trinajstić information content (AvgIpc) is 2.60. The molecule has 1 fully saturated rings. The van der Waals surface area contributed by atoms with Crippen LogP contribution in [0.2, 0.25) is 0 Å². The van der Waals surface area contributed by atoms with Crippen molar-refractivity contribution in [2.75, 3.05) is 32.5 Å². The molecule has 6 nitrogen and oxygen atoms in total. The number of rotatable bonds is 5. The molecular weight excluding hydrogens is 316 g/mol. The van der Waals surface area contributed by atoms with Gasteiger partial charge in [0.2, 0.25) is 5.91 Å². The van der Waals surface area contributed by atoms with Crippen molar-refractivity contribution in [1.82, 2.24) is 15.1 Å². The lowest BCUT2D eigenvalue weighted by Gasteiger charge is -2.36. The fourth-order valence-corrected chi connectivity index (χ4v) is 2.90. The Bertz CT molecular complexity index is 601. The van der Waals surface area contributed by atoms with Crippen molar-refractivity contribution in [3.05, 3.63) is 29.8 Å². The first kappa shape index (κ1) is 19.2. The van der Waals surface area contributed by atoms with Crippen molar-refractivity contribution in [3.63, 3.8) is 0 Å². The molecule has 0 aromatic heterocycles. The Morgan fingerprint density at radius 2 is 2.08 bits per heavy atom. The maximum absolute atomic E-state index is 12.4. The van der Waals surface area contributed by atoms with Gasteiger partial charge in [-0.1, -0.05) is 26.0 Å². The Labute approximate surface area is 150 Å². The summed E-state index contributed by atoms with van der Waals surface area (Å²) >= 11 is 0. The minimum absolute atomic E-state index is 0.00997. The molecule has 1 aromatic rings. The van der Waals surface area contributed by atoms with E-state index < -0.39 is 0 Å². The van der Waals surface area contributed by atoms with Crippen LogP contribution in [0.25, 0.3) is 0 Å². The van der Waals surface area contributed by atoms with Crippen LogP contribution in [-0.4, -0.2) is 55.0 Å². The highest BCUT2D eigenvalue weighted by molar-refractivity contribution is 5.92. The van der Waals surface area contributed by atoms with Crippen LogP contribution >= 0.6 is 0 Å². The molecule has 1 aromatic carbocycles. The number of amides is 3. The second-order valence-corrected chi connectivity index (χ2v) is 7.21. The molecule has 2 rings (SSSR count). The summed E-state index contributed by atoms with van der Waals surface area (Å²) in [5.41, 5.74) is 1.73. The molecule has 1 atom stereocenters. The van der Waals surface area contributed by atoms with Crippen LogP contribution in [0.4, 0.5) is 10.5 Å². The van der Waals surface area contributed by atoms with Crippen LogP contribution < -0.4 is 10.6 Å². The van der Waals surface area contributed by atoms with Crippen molar-refractivity contribution in [2.24, 2.45) is 5.92 Å². The van der Waals surface area contributed by atoms with Gasteiger partial charge in [0.25, 0.3) is 0 Å². The largest absolute Gasteiger partial charge is 0.334 e.